The predicted octanol–water partition coefficient (Wildman–Crippen LogP) is 2.41. The first-order valence-electron chi connectivity index (χ1n) is 9.98. The largest absolute Gasteiger partial charge is 0.481 e. The van der Waals surface area contributed by atoms with Gasteiger partial charge in [0.15, 0.2) is 0 Å². The first-order chi connectivity index (χ1) is 13.6. The van der Waals surface area contributed by atoms with Crippen LogP contribution >= 0.6 is 0 Å². The fourth-order valence-electron chi connectivity index (χ4n) is 4.00. The van der Waals surface area contributed by atoms with Crippen LogP contribution in [0.4, 0.5) is 17.5 Å². The molecule has 1 N–H and O–H groups in total. The van der Waals surface area contributed by atoms with Crippen LogP contribution in [-0.2, 0) is 4.79 Å². The van der Waals surface area contributed by atoms with Gasteiger partial charge in [0.05, 0.1) is 5.92 Å². The van der Waals surface area contributed by atoms with Gasteiger partial charge in [0.2, 0.25) is 5.95 Å². The Balaban J connectivity index is 1.43. The highest BCUT2D eigenvalue weighted by atomic mass is 16.4. The fourth-order valence-corrected chi connectivity index (χ4v) is 4.00. The van der Waals surface area contributed by atoms with E-state index in [0.29, 0.717) is 12.8 Å². The standard InChI is InChI=1S/C21H27N5O2/c1-16-15-19(25-9-7-17(8-10-25)20(27)28)23-21(22-16)26-13-11-24(12-14-26)18-5-3-2-4-6-18/h2-6,15,17H,7-14H2,1H3,(H,27,28). The monoisotopic (exact) mass is 381 g/mol. The Bertz CT molecular complexity index is 813. The van der Waals surface area contributed by atoms with Crippen molar-refractivity contribution in [3.63, 3.8) is 0 Å². The molecule has 0 atom stereocenters. The van der Waals surface area contributed by atoms with Crippen molar-refractivity contribution < 1.29 is 9.90 Å². The fraction of sp³-hybridized carbons (Fsp3) is 0.476. The molecule has 2 aromatic rings. The van der Waals surface area contributed by atoms with Crippen LogP contribution in [0.3, 0.4) is 0 Å². The third kappa shape index (κ3) is 4.03. The molecular formula is C21H27N5O2. The number of anilines is 3. The molecule has 0 radical (unpaired) electrons. The molecule has 0 amide bonds. The van der Waals surface area contributed by atoms with Gasteiger partial charge in [-0.15, -0.1) is 0 Å². The molecule has 1 aromatic heterocycles. The molecule has 2 aliphatic rings. The number of aryl methyl sites for hydroxylation is 1. The number of carboxylic acids is 1. The van der Waals surface area contributed by atoms with Crippen molar-refractivity contribution >= 4 is 23.4 Å². The van der Waals surface area contributed by atoms with Gasteiger partial charge in [-0.25, -0.2) is 4.98 Å². The van der Waals surface area contributed by atoms with Gasteiger partial charge >= 0.3 is 5.97 Å². The lowest BCUT2D eigenvalue weighted by molar-refractivity contribution is -0.142. The molecule has 2 saturated heterocycles. The molecular weight excluding hydrogens is 354 g/mol. The Morgan fingerprint density at radius 2 is 1.57 bits per heavy atom. The highest BCUT2D eigenvalue weighted by Gasteiger charge is 2.26. The number of aliphatic carboxylic acids is 1. The molecule has 0 saturated carbocycles. The minimum absolute atomic E-state index is 0.232. The van der Waals surface area contributed by atoms with Crippen LogP contribution in [0, 0.1) is 12.8 Å². The molecule has 0 unspecified atom stereocenters. The van der Waals surface area contributed by atoms with Gasteiger partial charge in [-0.2, -0.15) is 4.98 Å². The third-order valence-corrected chi connectivity index (χ3v) is 5.68. The van der Waals surface area contributed by atoms with Gasteiger partial charge in [-0.3, -0.25) is 4.79 Å². The van der Waals surface area contributed by atoms with Crippen LogP contribution < -0.4 is 14.7 Å². The number of carboxylic acid groups (broad SMARTS) is 1. The first-order valence-corrected chi connectivity index (χ1v) is 9.98. The van der Waals surface area contributed by atoms with E-state index >= 15 is 0 Å². The molecule has 2 fully saturated rings. The highest BCUT2D eigenvalue weighted by molar-refractivity contribution is 5.70. The molecule has 148 valence electrons. The number of nitrogens with zero attached hydrogens (tertiary/aromatic N) is 5. The predicted molar refractivity (Wildman–Crippen MR) is 110 cm³/mol. The van der Waals surface area contributed by atoms with Gasteiger partial charge in [-0.05, 0) is 31.9 Å². The normalized spacial score (nSPS) is 18.4. The van der Waals surface area contributed by atoms with E-state index in [2.05, 4.69) is 43.9 Å². The maximum atomic E-state index is 11.2. The number of piperidine rings is 1. The molecule has 7 heteroatoms. The van der Waals surface area contributed by atoms with Gasteiger partial charge < -0.3 is 19.8 Å². The zero-order valence-electron chi connectivity index (χ0n) is 16.3. The summed E-state index contributed by atoms with van der Waals surface area (Å²) >= 11 is 0. The number of hydrogen-bond donors (Lipinski definition) is 1. The van der Waals surface area contributed by atoms with Crippen LogP contribution in [0.1, 0.15) is 18.5 Å². The van der Waals surface area contributed by atoms with Gasteiger partial charge in [0, 0.05) is 56.7 Å². The molecule has 28 heavy (non-hydrogen) atoms. The lowest BCUT2D eigenvalue weighted by Crippen LogP contribution is -2.47. The molecule has 1 aromatic carbocycles. The summed E-state index contributed by atoms with van der Waals surface area (Å²) in [7, 11) is 0. The number of para-hydroxylation sites is 1. The lowest BCUT2D eigenvalue weighted by atomic mass is 9.97. The minimum atomic E-state index is -0.685. The van der Waals surface area contributed by atoms with Gasteiger partial charge in [0.1, 0.15) is 5.82 Å². The smallest absolute Gasteiger partial charge is 0.306 e. The molecule has 0 bridgehead atoms. The summed E-state index contributed by atoms with van der Waals surface area (Å²) in [5, 5.41) is 9.20. The maximum Gasteiger partial charge on any atom is 0.306 e. The summed E-state index contributed by atoms with van der Waals surface area (Å²) in [5.41, 5.74) is 2.21. The Morgan fingerprint density at radius 3 is 2.21 bits per heavy atom. The molecule has 4 rings (SSSR count). The average Bonchev–Trinajstić information content (AvgIpc) is 2.74. The summed E-state index contributed by atoms with van der Waals surface area (Å²) in [6.45, 7) is 7.13. The second-order valence-electron chi connectivity index (χ2n) is 7.58. The first kappa shape index (κ1) is 18.5. The van der Waals surface area contributed by atoms with E-state index in [1.807, 2.05) is 19.1 Å². The number of aromatic nitrogens is 2. The van der Waals surface area contributed by atoms with Crippen molar-refractivity contribution in [3.8, 4) is 0 Å². The molecule has 2 aliphatic heterocycles. The zero-order valence-corrected chi connectivity index (χ0v) is 16.3. The van der Waals surface area contributed by atoms with E-state index in [1.165, 1.54) is 5.69 Å². The van der Waals surface area contributed by atoms with Crippen molar-refractivity contribution in [1.82, 2.24) is 9.97 Å². The molecule has 7 nitrogen and oxygen atoms in total. The average molecular weight is 381 g/mol. The zero-order chi connectivity index (χ0) is 19.5. The van der Waals surface area contributed by atoms with E-state index in [9.17, 15) is 9.90 Å². The second kappa shape index (κ2) is 8.04. The topological polar surface area (TPSA) is 72.8 Å². The summed E-state index contributed by atoms with van der Waals surface area (Å²) in [6, 6.07) is 12.5. The van der Waals surface area contributed by atoms with E-state index in [-0.39, 0.29) is 5.92 Å². The van der Waals surface area contributed by atoms with Crippen molar-refractivity contribution in [2.24, 2.45) is 5.92 Å². The SMILES string of the molecule is Cc1cc(N2CCC(C(=O)O)CC2)nc(N2CCN(c3ccccc3)CC2)n1. The third-order valence-electron chi connectivity index (χ3n) is 5.68. The van der Waals surface area contributed by atoms with Crippen LogP contribution in [0.2, 0.25) is 0 Å². The summed E-state index contributed by atoms with van der Waals surface area (Å²) in [5.74, 6) is 0.778. The van der Waals surface area contributed by atoms with Crippen LogP contribution in [0.15, 0.2) is 36.4 Å². The Labute approximate surface area is 165 Å². The number of hydrogen-bond acceptors (Lipinski definition) is 6. The number of benzene rings is 1. The van der Waals surface area contributed by atoms with E-state index in [0.717, 1.165) is 56.7 Å². The van der Waals surface area contributed by atoms with Crippen LogP contribution in [-0.4, -0.2) is 60.3 Å². The second-order valence-corrected chi connectivity index (χ2v) is 7.58. The Morgan fingerprint density at radius 1 is 0.929 bits per heavy atom. The van der Waals surface area contributed by atoms with Crippen molar-refractivity contribution in [1.29, 1.82) is 0 Å². The Hall–Kier alpha value is -2.83. The summed E-state index contributed by atoms with van der Waals surface area (Å²) in [4.78, 5) is 27.5. The van der Waals surface area contributed by atoms with Gasteiger partial charge in [0.25, 0.3) is 0 Å². The minimum Gasteiger partial charge on any atom is -0.481 e. The Kier molecular flexibility index (Phi) is 5.32. The van der Waals surface area contributed by atoms with Gasteiger partial charge in [-0.1, -0.05) is 18.2 Å². The van der Waals surface area contributed by atoms with Crippen molar-refractivity contribution in [3.05, 3.63) is 42.1 Å². The maximum absolute atomic E-state index is 11.2. The number of piperazine rings is 1. The molecule has 0 aliphatic carbocycles. The van der Waals surface area contributed by atoms with E-state index in [4.69, 9.17) is 4.98 Å². The molecule has 3 heterocycles. The number of carbonyl (C=O) groups is 1. The van der Waals surface area contributed by atoms with Crippen LogP contribution in [0.5, 0.6) is 0 Å². The quantitative estimate of drug-likeness (QED) is 0.872. The van der Waals surface area contributed by atoms with E-state index < -0.39 is 5.97 Å². The lowest BCUT2D eigenvalue weighted by Gasteiger charge is -2.37. The summed E-state index contributed by atoms with van der Waals surface area (Å²) < 4.78 is 0. The van der Waals surface area contributed by atoms with Crippen molar-refractivity contribution in [2.75, 3.05) is 54.0 Å². The summed E-state index contributed by atoms with van der Waals surface area (Å²) in [6.07, 6.45) is 1.34. The van der Waals surface area contributed by atoms with Crippen LogP contribution in [0.25, 0.3) is 0 Å². The van der Waals surface area contributed by atoms with E-state index in [1.54, 1.807) is 0 Å². The number of rotatable bonds is 4. The molecule has 0 spiro atoms. The van der Waals surface area contributed by atoms with Crippen molar-refractivity contribution in [2.45, 2.75) is 19.8 Å². The highest BCUT2D eigenvalue weighted by Crippen LogP contribution is 2.25.